The van der Waals surface area contributed by atoms with Crippen molar-refractivity contribution in [2.45, 2.75) is 33.1 Å². The molecule has 0 radical (unpaired) electrons. The summed E-state index contributed by atoms with van der Waals surface area (Å²) in [6, 6.07) is 7.78. The van der Waals surface area contributed by atoms with Crippen LogP contribution in [0.1, 0.15) is 38.7 Å². The Morgan fingerprint density at radius 2 is 2.04 bits per heavy atom. The second-order valence-electron chi connectivity index (χ2n) is 6.48. The highest BCUT2D eigenvalue weighted by Crippen LogP contribution is 2.48. The van der Waals surface area contributed by atoms with E-state index in [0.717, 1.165) is 29.7 Å². The number of rotatable bonds is 7. The van der Waals surface area contributed by atoms with Gasteiger partial charge in [0.05, 0.1) is 24.6 Å². The minimum atomic E-state index is -0.413. The first-order valence-corrected chi connectivity index (χ1v) is 8.18. The molecule has 1 aliphatic carbocycles. The number of carbonyl (C=O) groups excluding carboxylic acids is 2. The average molecular weight is 341 g/mol. The number of nitrogens with zero attached hydrogens (tertiary/aromatic N) is 1. The smallest absolute Gasteiger partial charge is 0.330 e. The molecule has 0 aromatic heterocycles. The molecule has 0 saturated heterocycles. The summed E-state index contributed by atoms with van der Waals surface area (Å²) in [5.41, 5.74) is 3.11. The van der Waals surface area contributed by atoms with E-state index in [-0.39, 0.29) is 11.3 Å². The highest BCUT2D eigenvalue weighted by molar-refractivity contribution is 5.95. The van der Waals surface area contributed by atoms with Gasteiger partial charge >= 0.3 is 5.97 Å². The molecule has 132 valence electrons. The van der Waals surface area contributed by atoms with Crippen LogP contribution in [0.15, 0.2) is 24.3 Å². The first-order valence-electron chi connectivity index (χ1n) is 8.18. The Morgan fingerprint density at radius 3 is 2.60 bits per heavy atom. The van der Waals surface area contributed by atoms with E-state index in [4.69, 9.17) is 5.26 Å². The standard InChI is InChI=1S/C19H23N3O3/c1-13(10-18(24)25-3)15-4-5-16(22-14(2)23)17(11-15)21-12-19(6-7-19)8-9-20/h4-5,10-11,21H,6-8,12H2,1-3H3,(H,22,23)/b13-10+. The van der Waals surface area contributed by atoms with Crippen LogP contribution in [0.25, 0.3) is 5.57 Å². The Labute approximate surface area is 147 Å². The van der Waals surface area contributed by atoms with Crippen LogP contribution in [-0.2, 0) is 14.3 Å². The normalized spacial score (nSPS) is 15.0. The van der Waals surface area contributed by atoms with E-state index < -0.39 is 5.97 Å². The minimum Gasteiger partial charge on any atom is -0.466 e. The van der Waals surface area contributed by atoms with Crippen molar-refractivity contribution in [3.8, 4) is 6.07 Å². The van der Waals surface area contributed by atoms with Gasteiger partial charge in [-0.3, -0.25) is 4.79 Å². The van der Waals surface area contributed by atoms with E-state index in [2.05, 4.69) is 21.4 Å². The van der Waals surface area contributed by atoms with Gasteiger partial charge in [0, 0.05) is 31.4 Å². The summed E-state index contributed by atoms with van der Waals surface area (Å²) >= 11 is 0. The third kappa shape index (κ3) is 5.08. The highest BCUT2D eigenvalue weighted by Gasteiger charge is 2.42. The van der Waals surface area contributed by atoms with Crippen molar-refractivity contribution in [2.75, 3.05) is 24.3 Å². The molecular formula is C19H23N3O3. The maximum Gasteiger partial charge on any atom is 0.330 e. The van der Waals surface area contributed by atoms with Crippen LogP contribution in [0, 0.1) is 16.7 Å². The number of nitriles is 1. The van der Waals surface area contributed by atoms with Gasteiger partial charge in [-0.25, -0.2) is 4.79 Å². The monoisotopic (exact) mass is 341 g/mol. The number of hydrogen-bond donors (Lipinski definition) is 2. The fourth-order valence-electron chi connectivity index (χ4n) is 2.60. The van der Waals surface area contributed by atoms with Crippen molar-refractivity contribution in [1.82, 2.24) is 0 Å². The van der Waals surface area contributed by atoms with E-state index in [1.807, 2.05) is 19.1 Å². The molecule has 6 heteroatoms. The molecule has 1 aromatic carbocycles. The molecular weight excluding hydrogens is 318 g/mol. The lowest BCUT2D eigenvalue weighted by Gasteiger charge is -2.18. The Kier molecular flexibility index (Phi) is 5.81. The van der Waals surface area contributed by atoms with E-state index in [1.54, 1.807) is 6.07 Å². The molecule has 0 unspecified atom stereocenters. The lowest BCUT2D eigenvalue weighted by atomic mass is 10.0. The van der Waals surface area contributed by atoms with E-state index >= 15 is 0 Å². The predicted molar refractivity (Wildman–Crippen MR) is 96.8 cm³/mol. The van der Waals surface area contributed by atoms with Gasteiger partial charge in [-0.15, -0.1) is 0 Å². The van der Waals surface area contributed by atoms with E-state index in [1.165, 1.54) is 20.1 Å². The Hall–Kier alpha value is -2.81. The molecule has 0 atom stereocenters. The molecule has 1 fully saturated rings. The molecule has 2 N–H and O–H groups in total. The van der Waals surface area contributed by atoms with Gasteiger partial charge in [0.2, 0.25) is 5.91 Å². The number of amides is 1. The van der Waals surface area contributed by atoms with Crippen LogP contribution in [0.4, 0.5) is 11.4 Å². The van der Waals surface area contributed by atoms with Gasteiger partial charge in [0.1, 0.15) is 0 Å². The number of ether oxygens (including phenoxy) is 1. The third-order valence-corrected chi connectivity index (χ3v) is 4.39. The fourth-order valence-corrected chi connectivity index (χ4v) is 2.60. The zero-order valence-corrected chi connectivity index (χ0v) is 14.8. The fraction of sp³-hybridized carbons (Fsp3) is 0.421. The third-order valence-electron chi connectivity index (χ3n) is 4.39. The molecule has 25 heavy (non-hydrogen) atoms. The van der Waals surface area contributed by atoms with E-state index in [9.17, 15) is 9.59 Å². The van der Waals surface area contributed by atoms with Crippen molar-refractivity contribution in [2.24, 2.45) is 5.41 Å². The Balaban J connectivity index is 2.25. The summed E-state index contributed by atoms with van der Waals surface area (Å²) in [6.07, 6.45) is 4.01. The molecule has 1 saturated carbocycles. The van der Waals surface area contributed by atoms with Crippen LogP contribution >= 0.6 is 0 Å². The van der Waals surface area contributed by atoms with Crippen molar-refractivity contribution >= 4 is 28.8 Å². The number of benzene rings is 1. The zero-order chi connectivity index (χ0) is 18.4. The van der Waals surface area contributed by atoms with Crippen molar-refractivity contribution in [3.63, 3.8) is 0 Å². The maximum absolute atomic E-state index is 11.4. The summed E-state index contributed by atoms with van der Waals surface area (Å²) < 4.78 is 4.66. The molecule has 0 bridgehead atoms. The topological polar surface area (TPSA) is 91.2 Å². The van der Waals surface area contributed by atoms with Crippen LogP contribution in [0.5, 0.6) is 0 Å². The summed E-state index contributed by atoms with van der Waals surface area (Å²) in [4.78, 5) is 22.9. The van der Waals surface area contributed by atoms with Crippen molar-refractivity contribution < 1.29 is 14.3 Å². The van der Waals surface area contributed by atoms with Crippen molar-refractivity contribution in [1.29, 1.82) is 5.26 Å². The average Bonchev–Trinajstić information content (AvgIpc) is 3.33. The van der Waals surface area contributed by atoms with Crippen molar-refractivity contribution in [3.05, 3.63) is 29.8 Å². The lowest BCUT2D eigenvalue weighted by Crippen LogP contribution is -2.17. The Morgan fingerprint density at radius 1 is 1.32 bits per heavy atom. The first kappa shape index (κ1) is 18.5. The maximum atomic E-state index is 11.4. The molecule has 1 aromatic rings. The van der Waals surface area contributed by atoms with Gasteiger partial charge in [0.15, 0.2) is 0 Å². The highest BCUT2D eigenvalue weighted by atomic mass is 16.5. The van der Waals surface area contributed by atoms with Crippen LogP contribution in [0.2, 0.25) is 0 Å². The van der Waals surface area contributed by atoms with Crippen LogP contribution in [0.3, 0.4) is 0 Å². The second-order valence-corrected chi connectivity index (χ2v) is 6.48. The number of anilines is 2. The molecule has 0 aliphatic heterocycles. The summed E-state index contributed by atoms with van der Waals surface area (Å²) in [5.74, 6) is -0.570. The summed E-state index contributed by atoms with van der Waals surface area (Å²) in [5, 5.41) is 15.1. The number of hydrogen-bond acceptors (Lipinski definition) is 5. The van der Waals surface area contributed by atoms with Crippen LogP contribution < -0.4 is 10.6 Å². The van der Waals surface area contributed by atoms with Gasteiger partial charge in [-0.05, 0) is 43.0 Å². The van der Waals surface area contributed by atoms with Gasteiger partial charge in [0.25, 0.3) is 0 Å². The second kappa shape index (κ2) is 7.84. The number of esters is 1. The number of carbonyl (C=O) groups is 2. The Bertz CT molecular complexity index is 743. The molecule has 2 rings (SSSR count). The molecule has 0 spiro atoms. The quantitative estimate of drug-likeness (QED) is 0.586. The summed E-state index contributed by atoms with van der Waals surface area (Å²) in [6.45, 7) is 3.96. The number of methoxy groups -OCH3 is 1. The molecule has 1 aliphatic rings. The van der Waals surface area contributed by atoms with Crippen LogP contribution in [-0.4, -0.2) is 25.5 Å². The minimum absolute atomic E-state index is 0.0369. The van der Waals surface area contributed by atoms with E-state index in [0.29, 0.717) is 18.7 Å². The first-order chi connectivity index (χ1) is 11.9. The number of nitrogens with one attached hydrogen (secondary N) is 2. The SMILES string of the molecule is COC(=O)/C=C(\C)c1ccc(NC(C)=O)c(NCC2(CC#N)CC2)c1. The van der Waals surface area contributed by atoms with Gasteiger partial charge < -0.3 is 15.4 Å². The molecule has 1 amide bonds. The lowest BCUT2D eigenvalue weighted by molar-refractivity contribution is -0.134. The zero-order valence-electron chi connectivity index (χ0n) is 14.8. The predicted octanol–water partition coefficient (Wildman–Crippen LogP) is 3.33. The molecule has 0 heterocycles. The molecule has 6 nitrogen and oxygen atoms in total. The number of allylic oxidation sites excluding steroid dienone is 1. The largest absolute Gasteiger partial charge is 0.466 e. The van der Waals surface area contributed by atoms with Gasteiger partial charge in [-0.2, -0.15) is 5.26 Å². The van der Waals surface area contributed by atoms with Gasteiger partial charge in [-0.1, -0.05) is 6.07 Å². The summed E-state index contributed by atoms with van der Waals surface area (Å²) in [7, 11) is 1.34.